The highest BCUT2D eigenvalue weighted by Gasteiger charge is 2.29. The van der Waals surface area contributed by atoms with Crippen LogP contribution in [-0.2, 0) is 22.4 Å². The van der Waals surface area contributed by atoms with Gasteiger partial charge in [-0.25, -0.2) is 4.79 Å². The Morgan fingerprint density at radius 2 is 2.14 bits per heavy atom. The highest BCUT2D eigenvalue weighted by Crippen LogP contribution is 2.40. The summed E-state index contributed by atoms with van der Waals surface area (Å²) in [5.41, 5.74) is 3.32. The third kappa shape index (κ3) is 4.67. The molecule has 1 aromatic carbocycles. The molecular formula is C21H25ClN2O3S. The molecule has 1 heterocycles. The van der Waals surface area contributed by atoms with Gasteiger partial charge in [-0.3, -0.25) is 4.79 Å². The highest BCUT2D eigenvalue weighted by atomic mass is 35.5. The molecule has 0 saturated carbocycles. The van der Waals surface area contributed by atoms with Crippen LogP contribution in [0.4, 0.5) is 10.7 Å². The Bertz CT molecular complexity index is 894. The van der Waals surface area contributed by atoms with Crippen molar-refractivity contribution in [3.63, 3.8) is 0 Å². The number of nitrogens with one attached hydrogen (secondary N) is 2. The second-order valence-corrected chi connectivity index (χ2v) is 8.65. The van der Waals surface area contributed by atoms with E-state index in [2.05, 4.69) is 17.6 Å². The lowest BCUT2D eigenvalue weighted by Gasteiger charge is -2.18. The molecule has 1 unspecified atom stereocenters. The van der Waals surface area contributed by atoms with E-state index in [1.54, 1.807) is 13.0 Å². The molecule has 0 radical (unpaired) electrons. The number of hydrogen-bond acceptors (Lipinski definition) is 5. The van der Waals surface area contributed by atoms with Crippen molar-refractivity contribution in [3.05, 3.63) is 44.8 Å². The number of rotatable bonds is 6. The molecule has 1 amide bonds. The van der Waals surface area contributed by atoms with Crippen molar-refractivity contribution >= 4 is 45.5 Å². The Hall–Kier alpha value is -2.05. The van der Waals surface area contributed by atoms with Gasteiger partial charge in [-0.1, -0.05) is 24.6 Å². The van der Waals surface area contributed by atoms with Gasteiger partial charge in [-0.05, 0) is 62.3 Å². The number of anilines is 2. The topological polar surface area (TPSA) is 67.4 Å². The van der Waals surface area contributed by atoms with Crippen LogP contribution in [0.2, 0.25) is 5.02 Å². The summed E-state index contributed by atoms with van der Waals surface area (Å²) < 4.78 is 5.24. The summed E-state index contributed by atoms with van der Waals surface area (Å²) in [5.74, 6) is 0.00900. The minimum absolute atomic E-state index is 0.0840. The quantitative estimate of drug-likeness (QED) is 0.641. The van der Waals surface area contributed by atoms with Crippen LogP contribution in [0.5, 0.6) is 0 Å². The molecule has 2 N–H and O–H groups in total. The fourth-order valence-corrected chi connectivity index (χ4v) is 4.91. The number of amides is 1. The Kier molecular flexibility index (Phi) is 6.62. The number of hydrogen-bond donors (Lipinski definition) is 2. The second-order valence-electron chi connectivity index (χ2n) is 7.14. The monoisotopic (exact) mass is 420 g/mol. The molecule has 0 fully saturated rings. The smallest absolute Gasteiger partial charge is 0.341 e. The Morgan fingerprint density at radius 1 is 1.36 bits per heavy atom. The van der Waals surface area contributed by atoms with E-state index >= 15 is 0 Å². The van der Waals surface area contributed by atoms with Crippen LogP contribution in [0.25, 0.3) is 0 Å². The summed E-state index contributed by atoms with van der Waals surface area (Å²) in [6.07, 6.45) is 2.82. The maximum Gasteiger partial charge on any atom is 0.341 e. The number of benzene rings is 1. The largest absolute Gasteiger partial charge is 0.462 e. The lowest BCUT2D eigenvalue weighted by atomic mass is 9.88. The first-order valence-electron chi connectivity index (χ1n) is 9.50. The van der Waals surface area contributed by atoms with Crippen molar-refractivity contribution in [1.29, 1.82) is 0 Å². The van der Waals surface area contributed by atoms with Crippen molar-refractivity contribution in [3.8, 4) is 0 Å². The second kappa shape index (κ2) is 8.97. The summed E-state index contributed by atoms with van der Waals surface area (Å²) in [6.45, 7) is 6.31. The third-order valence-electron chi connectivity index (χ3n) is 4.87. The molecule has 28 heavy (non-hydrogen) atoms. The maximum atomic E-state index is 12.5. The normalized spacial score (nSPS) is 15.6. The van der Waals surface area contributed by atoms with Gasteiger partial charge in [-0.2, -0.15) is 0 Å². The van der Waals surface area contributed by atoms with E-state index in [1.807, 2.05) is 19.1 Å². The number of esters is 1. The van der Waals surface area contributed by atoms with Gasteiger partial charge in [0.05, 0.1) is 18.7 Å². The molecular weight excluding hydrogens is 396 g/mol. The summed E-state index contributed by atoms with van der Waals surface area (Å²) in [5, 5.41) is 7.21. The van der Waals surface area contributed by atoms with E-state index in [0.29, 0.717) is 28.1 Å². The number of carbonyl (C=O) groups excluding carboxylic acids is 2. The van der Waals surface area contributed by atoms with Crippen LogP contribution in [0.15, 0.2) is 18.2 Å². The van der Waals surface area contributed by atoms with Crippen molar-refractivity contribution in [2.75, 3.05) is 23.8 Å². The van der Waals surface area contributed by atoms with E-state index in [0.717, 1.165) is 36.1 Å². The van der Waals surface area contributed by atoms with Gasteiger partial charge in [0.1, 0.15) is 5.00 Å². The zero-order chi connectivity index (χ0) is 20.3. The summed E-state index contributed by atoms with van der Waals surface area (Å²) in [7, 11) is 0. The van der Waals surface area contributed by atoms with Crippen LogP contribution < -0.4 is 10.6 Å². The molecule has 0 aliphatic heterocycles. The van der Waals surface area contributed by atoms with Gasteiger partial charge in [0.15, 0.2) is 0 Å². The van der Waals surface area contributed by atoms with E-state index in [-0.39, 0.29) is 18.4 Å². The Labute approximate surface area is 174 Å². The van der Waals surface area contributed by atoms with Crippen molar-refractivity contribution in [1.82, 2.24) is 0 Å². The van der Waals surface area contributed by atoms with Gasteiger partial charge < -0.3 is 15.4 Å². The number of thiophene rings is 1. The molecule has 2 aromatic rings. The first-order valence-corrected chi connectivity index (χ1v) is 10.7. The number of carbonyl (C=O) groups is 2. The lowest BCUT2D eigenvalue weighted by molar-refractivity contribution is -0.114. The predicted molar refractivity (Wildman–Crippen MR) is 115 cm³/mol. The van der Waals surface area contributed by atoms with Gasteiger partial charge >= 0.3 is 5.97 Å². The van der Waals surface area contributed by atoms with Gasteiger partial charge in [0, 0.05) is 15.6 Å². The molecule has 0 saturated heterocycles. The Morgan fingerprint density at radius 3 is 2.86 bits per heavy atom. The molecule has 3 rings (SSSR count). The predicted octanol–water partition coefficient (Wildman–Crippen LogP) is 5.06. The molecule has 1 atom stereocenters. The first-order chi connectivity index (χ1) is 13.4. The van der Waals surface area contributed by atoms with E-state index in [4.69, 9.17) is 16.3 Å². The van der Waals surface area contributed by atoms with Gasteiger partial charge in [0.25, 0.3) is 0 Å². The average molecular weight is 421 g/mol. The first kappa shape index (κ1) is 20.7. The number of fused-ring (bicyclic) bond motifs is 1. The molecule has 1 aliphatic rings. The van der Waals surface area contributed by atoms with Crippen LogP contribution in [-0.4, -0.2) is 25.0 Å². The lowest BCUT2D eigenvalue weighted by Crippen LogP contribution is -2.22. The summed E-state index contributed by atoms with van der Waals surface area (Å²) in [4.78, 5) is 26.2. The summed E-state index contributed by atoms with van der Waals surface area (Å²) >= 11 is 7.62. The molecule has 5 nitrogen and oxygen atoms in total. The minimum atomic E-state index is -0.358. The maximum absolute atomic E-state index is 12.5. The fourth-order valence-electron chi connectivity index (χ4n) is 3.31. The van der Waals surface area contributed by atoms with E-state index in [9.17, 15) is 9.59 Å². The fraction of sp³-hybridized carbons (Fsp3) is 0.429. The van der Waals surface area contributed by atoms with Crippen LogP contribution in [0.3, 0.4) is 0 Å². The zero-order valence-electron chi connectivity index (χ0n) is 16.4. The molecule has 0 spiro atoms. The summed E-state index contributed by atoms with van der Waals surface area (Å²) in [6, 6.07) is 5.57. The minimum Gasteiger partial charge on any atom is -0.462 e. The molecule has 0 bridgehead atoms. The number of aryl methyl sites for hydroxylation is 1. The third-order valence-corrected chi connectivity index (χ3v) is 6.45. The van der Waals surface area contributed by atoms with Crippen LogP contribution >= 0.6 is 22.9 Å². The van der Waals surface area contributed by atoms with Crippen molar-refractivity contribution in [2.24, 2.45) is 5.92 Å². The standard InChI is InChI=1S/C21H25ClN2O3S/c1-4-27-21(26)19-15-8-5-12(2)9-17(15)28-20(19)24-18(25)11-23-14-7-6-13(3)16(22)10-14/h6-7,10,12,23H,4-5,8-9,11H2,1-3H3,(H,24,25). The van der Waals surface area contributed by atoms with Crippen LogP contribution in [0.1, 0.15) is 46.6 Å². The Balaban J connectivity index is 1.74. The number of ether oxygens (including phenoxy) is 1. The van der Waals surface area contributed by atoms with Gasteiger partial charge in [-0.15, -0.1) is 11.3 Å². The molecule has 1 aromatic heterocycles. The molecule has 7 heteroatoms. The molecule has 150 valence electrons. The van der Waals surface area contributed by atoms with Crippen molar-refractivity contribution < 1.29 is 14.3 Å². The SMILES string of the molecule is CCOC(=O)c1c(NC(=O)CNc2ccc(C)c(Cl)c2)sc2c1CCC(C)C2. The van der Waals surface area contributed by atoms with Crippen molar-refractivity contribution in [2.45, 2.75) is 40.0 Å². The van der Waals surface area contributed by atoms with E-state index < -0.39 is 0 Å². The van der Waals surface area contributed by atoms with E-state index in [1.165, 1.54) is 16.2 Å². The average Bonchev–Trinajstić information content (AvgIpc) is 2.99. The zero-order valence-corrected chi connectivity index (χ0v) is 17.9. The number of halogens is 1. The highest BCUT2D eigenvalue weighted by molar-refractivity contribution is 7.17. The molecule has 1 aliphatic carbocycles. The van der Waals surface area contributed by atoms with Gasteiger partial charge in [0.2, 0.25) is 5.91 Å². The van der Waals surface area contributed by atoms with Crippen LogP contribution in [0, 0.1) is 12.8 Å².